The second-order valence-electron chi connectivity index (χ2n) is 5.09. The van der Waals surface area contributed by atoms with E-state index in [1.165, 1.54) is 0 Å². The Morgan fingerprint density at radius 3 is 2.17 bits per heavy atom. The Labute approximate surface area is 112 Å². The van der Waals surface area contributed by atoms with E-state index in [-0.39, 0.29) is 5.75 Å². The monoisotopic (exact) mass is 277 g/mol. The van der Waals surface area contributed by atoms with Crippen molar-refractivity contribution in [2.75, 3.05) is 51.6 Å². The first-order chi connectivity index (χ1) is 8.46. The van der Waals surface area contributed by atoms with Crippen molar-refractivity contribution in [3.63, 3.8) is 0 Å². The van der Waals surface area contributed by atoms with E-state index in [9.17, 15) is 8.42 Å². The number of piperazine rings is 1. The normalized spacial score (nSPS) is 21.1. The lowest BCUT2D eigenvalue weighted by molar-refractivity contribution is 0.125. The van der Waals surface area contributed by atoms with Crippen molar-refractivity contribution in [2.45, 2.75) is 20.8 Å². The average molecular weight is 277 g/mol. The molecule has 0 unspecified atom stereocenters. The molecule has 1 fully saturated rings. The summed E-state index contributed by atoms with van der Waals surface area (Å²) in [6, 6.07) is 0. The van der Waals surface area contributed by atoms with Gasteiger partial charge in [0.2, 0.25) is 10.0 Å². The van der Waals surface area contributed by atoms with Gasteiger partial charge in [-0.1, -0.05) is 13.8 Å². The maximum Gasteiger partial charge on any atom is 0.211 e. The molecule has 18 heavy (non-hydrogen) atoms. The van der Waals surface area contributed by atoms with Gasteiger partial charge in [0.15, 0.2) is 0 Å². The summed E-state index contributed by atoms with van der Waals surface area (Å²) < 4.78 is 25.3. The van der Waals surface area contributed by atoms with Crippen LogP contribution in [-0.4, -0.2) is 69.8 Å². The van der Waals surface area contributed by atoms with Gasteiger partial charge in [0.25, 0.3) is 0 Å². The molecule has 1 N–H and O–H groups in total. The predicted octanol–water partition coefficient (Wildman–Crippen LogP) is 0.199. The van der Waals surface area contributed by atoms with Gasteiger partial charge in [0.05, 0.1) is 5.75 Å². The minimum absolute atomic E-state index is 0.162. The molecule has 108 valence electrons. The summed E-state index contributed by atoms with van der Waals surface area (Å²) in [5, 5.41) is 0. The molecule has 1 aliphatic rings. The van der Waals surface area contributed by atoms with Gasteiger partial charge in [-0.2, -0.15) is 0 Å². The van der Waals surface area contributed by atoms with Crippen LogP contribution in [0.5, 0.6) is 0 Å². The van der Waals surface area contributed by atoms with Crippen molar-refractivity contribution in [3.05, 3.63) is 0 Å². The number of nitrogens with zero attached hydrogens (tertiary/aromatic N) is 2. The Balaban J connectivity index is 2.23. The lowest BCUT2D eigenvalue weighted by Gasteiger charge is -2.35. The first-order valence-electron chi connectivity index (χ1n) is 6.89. The number of hydrogen-bond donors (Lipinski definition) is 1. The smallest absolute Gasteiger partial charge is 0.211 e. The minimum atomic E-state index is -3.04. The molecule has 0 radical (unpaired) electrons. The highest BCUT2D eigenvalue weighted by Gasteiger charge is 2.18. The Kier molecular flexibility index (Phi) is 6.55. The molecule has 0 spiro atoms. The third-order valence-corrected chi connectivity index (χ3v) is 4.88. The summed E-state index contributed by atoms with van der Waals surface area (Å²) in [5.74, 6) is 0.522. The number of nitrogens with one attached hydrogen (secondary N) is 1. The lowest BCUT2D eigenvalue weighted by atomic mass is 10.1. The van der Waals surface area contributed by atoms with Crippen molar-refractivity contribution in [3.8, 4) is 0 Å². The van der Waals surface area contributed by atoms with Crippen LogP contribution in [0.3, 0.4) is 0 Å². The van der Waals surface area contributed by atoms with Crippen LogP contribution in [0.15, 0.2) is 0 Å². The predicted molar refractivity (Wildman–Crippen MR) is 75.2 cm³/mol. The van der Waals surface area contributed by atoms with E-state index in [4.69, 9.17) is 0 Å². The Morgan fingerprint density at radius 1 is 1.11 bits per heavy atom. The van der Waals surface area contributed by atoms with E-state index in [0.29, 0.717) is 12.5 Å². The Morgan fingerprint density at radius 2 is 1.67 bits per heavy atom. The molecular formula is C12H27N3O2S. The van der Waals surface area contributed by atoms with E-state index in [1.54, 1.807) is 6.92 Å². The fourth-order valence-electron chi connectivity index (χ4n) is 2.16. The molecule has 1 saturated heterocycles. The molecule has 1 aliphatic heterocycles. The number of likely N-dealkylation sites (N-methyl/N-ethyl adjacent to an activating group) is 1. The summed E-state index contributed by atoms with van der Waals surface area (Å²) in [4.78, 5) is 4.87. The van der Waals surface area contributed by atoms with Gasteiger partial charge in [-0.15, -0.1) is 0 Å². The maximum atomic E-state index is 11.3. The minimum Gasteiger partial charge on any atom is -0.301 e. The van der Waals surface area contributed by atoms with Gasteiger partial charge in [0, 0.05) is 39.3 Å². The molecule has 0 aliphatic carbocycles. The van der Waals surface area contributed by atoms with Crippen molar-refractivity contribution in [2.24, 2.45) is 5.92 Å². The van der Waals surface area contributed by atoms with Crippen LogP contribution in [0.1, 0.15) is 20.8 Å². The van der Waals surface area contributed by atoms with Crippen LogP contribution in [0.4, 0.5) is 0 Å². The molecule has 5 nitrogen and oxygen atoms in total. The van der Waals surface area contributed by atoms with Crippen LogP contribution in [0.25, 0.3) is 0 Å². The second-order valence-corrected chi connectivity index (χ2v) is 7.19. The largest absolute Gasteiger partial charge is 0.301 e. The first-order valence-corrected chi connectivity index (χ1v) is 8.54. The first kappa shape index (κ1) is 15.9. The topological polar surface area (TPSA) is 52.6 Å². The highest BCUT2D eigenvalue weighted by atomic mass is 32.2. The van der Waals surface area contributed by atoms with Crippen LogP contribution in [-0.2, 0) is 10.0 Å². The highest BCUT2D eigenvalue weighted by molar-refractivity contribution is 7.89. The van der Waals surface area contributed by atoms with Gasteiger partial charge in [-0.3, -0.25) is 0 Å². The summed E-state index contributed by atoms with van der Waals surface area (Å²) in [6.45, 7) is 13.1. The molecule has 0 saturated carbocycles. The molecule has 6 heteroatoms. The molecule has 0 bridgehead atoms. The SMILES string of the molecule is CCN1CCN(C[C@@H](C)CNS(=O)(=O)CC)CC1. The molecule has 1 rings (SSSR count). The van der Waals surface area contributed by atoms with Gasteiger partial charge >= 0.3 is 0 Å². The van der Waals surface area contributed by atoms with Crippen LogP contribution in [0.2, 0.25) is 0 Å². The fraction of sp³-hybridized carbons (Fsp3) is 1.00. The number of hydrogen-bond acceptors (Lipinski definition) is 4. The standard InChI is InChI=1S/C12H27N3O2S/c1-4-14-6-8-15(9-7-14)11-12(3)10-13-18(16,17)5-2/h12-13H,4-11H2,1-3H3/t12-/m0/s1. The van der Waals surface area contributed by atoms with E-state index < -0.39 is 10.0 Å². The number of sulfonamides is 1. The van der Waals surface area contributed by atoms with Crippen LogP contribution >= 0.6 is 0 Å². The molecule has 0 aromatic heterocycles. The zero-order valence-electron chi connectivity index (χ0n) is 11.9. The van der Waals surface area contributed by atoms with Crippen LogP contribution in [0, 0.1) is 5.92 Å². The molecule has 1 heterocycles. The van der Waals surface area contributed by atoms with Crippen molar-refractivity contribution in [1.82, 2.24) is 14.5 Å². The van der Waals surface area contributed by atoms with E-state index in [1.807, 2.05) is 0 Å². The van der Waals surface area contributed by atoms with Crippen LogP contribution < -0.4 is 4.72 Å². The Hall–Kier alpha value is -0.170. The summed E-state index contributed by atoms with van der Waals surface area (Å²) in [5.41, 5.74) is 0. The third-order valence-electron chi connectivity index (χ3n) is 3.51. The van der Waals surface area contributed by atoms with E-state index >= 15 is 0 Å². The molecule has 0 aromatic rings. The van der Waals surface area contributed by atoms with Crippen molar-refractivity contribution < 1.29 is 8.42 Å². The third kappa shape index (κ3) is 5.65. The number of rotatable bonds is 7. The van der Waals surface area contributed by atoms with E-state index in [0.717, 1.165) is 39.3 Å². The quantitative estimate of drug-likeness (QED) is 0.722. The van der Waals surface area contributed by atoms with Gasteiger partial charge in [0.1, 0.15) is 0 Å². The lowest BCUT2D eigenvalue weighted by Crippen LogP contribution is -2.48. The van der Waals surface area contributed by atoms with E-state index in [2.05, 4.69) is 28.4 Å². The fourth-order valence-corrected chi connectivity index (χ4v) is 2.91. The van der Waals surface area contributed by atoms with Crippen molar-refractivity contribution >= 4 is 10.0 Å². The average Bonchev–Trinajstić information content (AvgIpc) is 2.37. The highest BCUT2D eigenvalue weighted by Crippen LogP contribution is 2.05. The zero-order chi connectivity index (χ0) is 13.6. The van der Waals surface area contributed by atoms with Gasteiger partial charge in [-0.05, 0) is 19.4 Å². The molecular weight excluding hydrogens is 250 g/mol. The summed E-state index contributed by atoms with van der Waals surface area (Å²) in [7, 11) is -3.04. The molecule has 1 atom stereocenters. The van der Waals surface area contributed by atoms with Gasteiger partial charge in [-0.25, -0.2) is 13.1 Å². The Bertz CT molecular complexity index is 324. The summed E-state index contributed by atoms with van der Waals surface area (Å²) in [6.07, 6.45) is 0. The summed E-state index contributed by atoms with van der Waals surface area (Å²) >= 11 is 0. The zero-order valence-corrected chi connectivity index (χ0v) is 12.7. The molecule has 0 aromatic carbocycles. The van der Waals surface area contributed by atoms with Gasteiger partial charge < -0.3 is 9.80 Å². The maximum absolute atomic E-state index is 11.3. The second kappa shape index (κ2) is 7.43. The van der Waals surface area contributed by atoms with Crippen molar-refractivity contribution in [1.29, 1.82) is 0 Å². The molecule has 0 amide bonds.